The molecule has 1 aliphatic heterocycles. The molecule has 4 N–H and O–H groups in total. The molecule has 2 aliphatic rings. The van der Waals surface area contributed by atoms with Gasteiger partial charge in [-0.2, -0.15) is 0 Å². The third kappa shape index (κ3) is 3.49. The number of morpholine rings is 1. The molecule has 156 valence electrons. The number of hydrogen-bond acceptors (Lipinski definition) is 8. The lowest BCUT2D eigenvalue weighted by atomic mass is 9.82. The lowest BCUT2D eigenvalue weighted by Crippen LogP contribution is -2.41. The molecule has 1 amide bonds. The van der Waals surface area contributed by atoms with E-state index >= 15 is 0 Å². The molecule has 0 saturated carbocycles. The van der Waals surface area contributed by atoms with Crippen molar-refractivity contribution in [1.29, 1.82) is 0 Å². The van der Waals surface area contributed by atoms with Crippen LogP contribution in [0, 0.1) is 0 Å². The first kappa shape index (κ1) is 19.9. The van der Waals surface area contributed by atoms with Crippen molar-refractivity contribution in [3.63, 3.8) is 0 Å². The molecule has 2 aromatic rings. The highest BCUT2D eigenvalue weighted by molar-refractivity contribution is 6.30. The van der Waals surface area contributed by atoms with E-state index in [1.165, 1.54) is 6.07 Å². The molecule has 1 aliphatic carbocycles. The van der Waals surface area contributed by atoms with Gasteiger partial charge in [-0.15, -0.1) is 0 Å². The summed E-state index contributed by atoms with van der Waals surface area (Å²) in [6, 6.07) is 4.38. The second kappa shape index (κ2) is 7.77. The van der Waals surface area contributed by atoms with E-state index in [9.17, 15) is 29.7 Å². The minimum Gasteiger partial charge on any atom is -0.508 e. The third-order valence-electron chi connectivity index (χ3n) is 5.24. The second-order valence-electron chi connectivity index (χ2n) is 7.17. The van der Waals surface area contributed by atoms with E-state index in [-0.39, 0.29) is 33.6 Å². The van der Waals surface area contributed by atoms with Crippen LogP contribution < -0.4 is 5.32 Å². The first-order valence-electron chi connectivity index (χ1n) is 9.47. The normalized spacial score (nSPS) is 16.1. The van der Waals surface area contributed by atoms with Gasteiger partial charge in [0.25, 0.3) is 5.91 Å². The molecular formula is C21H20N2O7. The Morgan fingerprint density at radius 1 is 0.933 bits per heavy atom. The highest BCUT2D eigenvalue weighted by atomic mass is 16.5. The highest BCUT2D eigenvalue weighted by Gasteiger charge is 2.35. The lowest BCUT2D eigenvalue weighted by molar-refractivity contribution is 0.0383. The van der Waals surface area contributed by atoms with E-state index < -0.39 is 29.0 Å². The summed E-state index contributed by atoms with van der Waals surface area (Å²) in [5.74, 6) is -3.39. The Labute approximate surface area is 171 Å². The SMILES string of the molecule is O=C(NCCN1CCOCC1)c1cc(O)c2c(c1)C(=O)c1cc(O)cc(O)c1C2=O. The van der Waals surface area contributed by atoms with E-state index in [4.69, 9.17) is 4.74 Å². The Bertz CT molecular complexity index is 1060. The van der Waals surface area contributed by atoms with Gasteiger partial charge >= 0.3 is 0 Å². The van der Waals surface area contributed by atoms with Gasteiger partial charge in [0.05, 0.1) is 24.3 Å². The molecule has 1 saturated heterocycles. The number of ketones is 2. The summed E-state index contributed by atoms with van der Waals surface area (Å²) in [7, 11) is 0. The molecular weight excluding hydrogens is 392 g/mol. The van der Waals surface area contributed by atoms with Gasteiger partial charge in [0.1, 0.15) is 17.2 Å². The molecule has 0 aromatic heterocycles. The molecule has 0 spiro atoms. The quantitative estimate of drug-likeness (QED) is 0.490. The molecule has 0 unspecified atom stereocenters. The van der Waals surface area contributed by atoms with Crippen LogP contribution >= 0.6 is 0 Å². The first-order valence-corrected chi connectivity index (χ1v) is 9.47. The van der Waals surface area contributed by atoms with E-state index in [1.54, 1.807) is 0 Å². The molecule has 0 radical (unpaired) electrons. The zero-order valence-electron chi connectivity index (χ0n) is 16.0. The van der Waals surface area contributed by atoms with E-state index in [0.29, 0.717) is 26.3 Å². The Morgan fingerprint density at radius 2 is 1.57 bits per heavy atom. The minimum absolute atomic E-state index is 0.0298. The number of carbonyl (C=O) groups excluding carboxylic acids is 3. The molecule has 4 rings (SSSR count). The summed E-state index contributed by atoms with van der Waals surface area (Å²) in [6.45, 7) is 3.87. The summed E-state index contributed by atoms with van der Waals surface area (Å²) in [4.78, 5) is 40.3. The van der Waals surface area contributed by atoms with Crippen molar-refractivity contribution < 1.29 is 34.4 Å². The fourth-order valence-electron chi connectivity index (χ4n) is 3.73. The number of nitrogens with one attached hydrogen (secondary N) is 1. The Hall–Kier alpha value is -3.43. The van der Waals surface area contributed by atoms with Gasteiger partial charge in [0.15, 0.2) is 5.78 Å². The van der Waals surface area contributed by atoms with Gasteiger partial charge in [-0.1, -0.05) is 0 Å². The van der Waals surface area contributed by atoms with E-state index in [2.05, 4.69) is 10.2 Å². The largest absolute Gasteiger partial charge is 0.508 e. The van der Waals surface area contributed by atoms with Gasteiger partial charge in [0.2, 0.25) is 5.78 Å². The van der Waals surface area contributed by atoms with Crippen molar-refractivity contribution in [1.82, 2.24) is 10.2 Å². The number of hydrogen-bond donors (Lipinski definition) is 4. The fraction of sp³-hybridized carbons (Fsp3) is 0.286. The molecule has 1 heterocycles. The molecule has 30 heavy (non-hydrogen) atoms. The van der Waals surface area contributed by atoms with Gasteiger partial charge in [-0.25, -0.2) is 0 Å². The zero-order chi connectivity index (χ0) is 21.4. The highest BCUT2D eigenvalue weighted by Crippen LogP contribution is 2.39. The molecule has 0 atom stereocenters. The second-order valence-corrected chi connectivity index (χ2v) is 7.17. The average molecular weight is 412 g/mol. The molecule has 0 bridgehead atoms. The zero-order valence-corrected chi connectivity index (χ0v) is 16.0. The monoisotopic (exact) mass is 412 g/mol. The summed E-state index contributed by atoms with van der Waals surface area (Å²) >= 11 is 0. The van der Waals surface area contributed by atoms with Crippen molar-refractivity contribution in [3.8, 4) is 17.2 Å². The number of aromatic hydroxyl groups is 3. The maximum Gasteiger partial charge on any atom is 0.251 e. The van der Waals surface area contributed by atoms with Crippen molar-refractivity contribution in [2.45, 2.75) is 0 Å². The number of benzene rings is 2. The van der Waals surface area contributed by atoms with Crippen LogP contribution in [0.5, 0.6) is 17.2 Å². The van der Waals surface area contributed by atoms with E-state index in [0.717, 1.165) is 31.3 Å². The van der Waals surface area contributed by atoms with Crippen LogP contribution in [0.3, 0.4) is 0 Å². The summed E-state index contributed by atoms with van der Waals surface area (Å²) in [5.41, 5.74) is -0.881. The van der Waals surface area contributed by atoms with Crippen molar-refractivity contribution in [2.24, 2.45) is 0 Å². The summed E-state index contributed by atoms with van der Waals surface area (Å²) < 4.78 is 5.27. The maximum absolute atomic E-state index is 12.9. The van der Waals surface area contributed by atoms with Crippen molar-refractivity contribution in [3.05, 3.63) is 52.1 Å². The van der Waals surface area contributed by atoms with Gasteiger partial charge in [0, 0.05) is 48.9 Å². The number of phenols is 3. The number of carbonyl (C=O) groups is 3. The molecule has 9 heteroatoms. The van der Waals surface area contributed by atoms with E-state index in [1.807, 2.05) is 0 Å². The van der Waals surface area contributed by atoms with Crippen LogP contribution in [0.15, 0.2) is 24.3 Å². The smallest absolute Gasteiger partial charge is 0.251 e. The number of amides is 1. The topological polar surface area (TPSA) is 136 Å². The van der Waals surface area contributed by atoms with Crippen LogP contribution in [0.2, 0.25) is 0 Å². The van der Waals surface area contributed by atoms with Gasteiger partial charge < -0.3 is 25.4 Å². The maximum atomic E-state index is 12.9. The minimum atomic E-state index is -0.756. The summed E-state index contributed by atoms with van der Waals surface area (Å²) in [6.07, 6.45) is 0. The van der Waals surface area contributed by atoms with Crippen LogP contribution in [0.1, 0.15) is 42.2 Å². The lowest BCUT2D eigenvalue weighted by Gasteiger charge is -2.26. The van der Waals surface area contributed by atoms with Crippen LogP contribution in [-0.2, 0) is 4.74 Å². The number of phenolic OH excluding ortho intramolecular Hbond substituents is 3. The van der Waals surface area contributed by atoms with Crippen LogP contribution in [0.4, 0.5) is 0 Å². The predicted molar refractivity (Wildman–Crippen MR) is 104 cm³/mol. The number of fused-ring (bicyclic) bond motifs is 2. The average Bonchev–Trinajstić information content (AvgIpc) is 2.71. The van der Waals surface area contributed by atoms with Crippen molar-refractivity contribution >= 4 is 17.5 Å². The Kier molecular flexibility index (Phi) is 5.15. The van der Waals surface area contributed by atoms with Crippen LogP contribution in [0.25, 0.3) is 0 Å². The summed E-state index contributed by atoms with van der Waals surface area (Å²) in [5, 5.41) is 32.8. The number of rotatable bonds is 4. The predicted octanol–water partition coefficient (Wildman–Crippen LogP) is 0.641. The number of nitrogens with zero attached hydrogens (tertiary/aromatic N) is 1. The molecule has 1 fully saturated rings. The van der Waals surface area contributed by atoms with Gasteiger partial charge in [-0.05, 0) is 18.2 Å². The fourth-order valence-corrected chi connectivity index (χ4v) is 3.73. The number of ether oxygens (including phenoxy) is 1. The van der Waals surface area contributed by atoms with Crippen LogP contribution in [-0.4, -0.2) is 77.1 Å². The first-order chi connectivity index (χ1) is 14.4. The Morgan fingerprint density at radius 3 is 2.27 bits per heavy atom. The Balaban J connectivity index is 1.58. The third-order valence-corrected chi connectivity index (χ3v) is 5.24. The standard InChI is InChI=1S/C21H20N2O7/c24-12-9-14-18(16(26)10-12)20(28)17-13(19(14)27)7-11(8-15(17)25)21(29)22-1-2-23-3-5-30-6-4-23/h7-10,24-26H,1-6H2,(H,22,29). The van der Waals surface area contributed by atoms with Crippen molar-refractivity contribution in [2.75, 3.05) is 39.4 Å². The molecule has 9 nitrogen and oxygen atoms in total. The van der Waals surface area contributed by atoms with Gasteiger partial charge in [-0.3, -0.25) is 19.3 Å². The molecule has 2 aromatic carbocycles.